The first-order valence-corrected chi connectivity index (χ1v) is 11.3. The Hall–Kier alpha value is -3.05. The van der Waals surface area contributed by atoms with Gasteiger partial charge in [0, 0.05) is 11.1 Å². The van der Waals surface area contributed by atoms with E-state index in [0.29, 0.717) is 23.3 Å². The van der Waals surface area contributed by atoms with E-state index in [-0.39, 0.29) is 0 Å². The van der Waals surface area contributed by atoms with Crippen LogP contribution in [0.2, 0.25) is 0 Å². The van der Waals surface area contributed by atoms with Gasteiger partial charge in [-0.3, -0.25) is 0 Å². The van der Waals surface area contributed by atoms with Crippen molar-refractivity contribution in [3.05, 3.63) is 82.9 Å². The molecule has 3 unspecified atom stereocenters. The van der Waals surface area contributed by atoms with E-state index in [4.69, 9.17) is 4.74 Å². The molecule has 2 heteroatoms. The predicted octanol–water partition coefficient (Wildman–Crippen LogP) is 8.17. The largest absolute Gasteiger partial charge is 0.456 e. The lowest BCUT2D eigenvalue weighted by molar-refractivity contribution is 0.261. The minimum absolute atomic E-state index is 0.455. The van der Waals surface area contributed by atoms with Crippen LogP contribution in [-0.4, -0.2) is 0 Å². The van der Waals surface area contributed by atoms with Crippen molar-refractivity contribution in [3.63, 3.8) is 0 Å². The lowest BCUT2D eigenvalue weighted by Crippen LogP contribution is -2.20. The zero-order chi connectivity index (χ0) is 22.0. The van der Waals surface area contributed by atoms with E-state index < -0.39 is 0 Å². The molecular formula is C29H31NO. The van der Waals surface area contributed by atoms with Crippen molar-refractivity contribution in [2.45, 2.75) is 52.9 Å². The molecule has 1 saturated carbocycles. The molecule has 158 valence electrons. The fourth-order valence-electron chi connectivity index (χ4n) is 4.94. The third-order valence-corrected chi connectivity index (χ3v) is 6.67. The van der Waals surface area contributed by atoms with E-state index in [2.05, 4.69) is 52.0 Å². The van der Waals surface area contributed by atoms with E-state index >= 15 is 0 Å². The molecule has 31 heavy (non-hydrogen) atoms. The molecule has 0 bridgehead atoms. The SMILES string of the molecule is Cc1ccc(C#N)c(-c2cc(C)cc(C3CC(C)CCC3C)c2Oc2ccccc2)c1. The number of nitrogens with zero attached hydrogens (tertiary/aromatic N) is 1. The lowest BCUT2D eigenvalue weighted by atomic mass is 9.71. The average molecular weight is 410 g/mol. The molecule has 3 aromatic rings. The Kier molecular flexibility index (Phi) is 6.14. The highest BCUT2D eigenvalue weighted by Gasteiger charge is 2.31. The van der Waals surface area contributed by atoms with Crippen LogP contribution >= 0.6 is 0 Å². The summed E-state index contributed by atoms with van der Waals surface area (Å²) in [6.45, 7) is 8.96. The van der Waals surface area contributed by atoms with E-state index in [1.165, 1.54) is 30.4 Å². The van der Waals surface area contributed by atoms with Gasteiger partial charge in [0.25, 0.3) is 0 Å². The van der Waals surface area contributed by atoms with Crippen molar-refractivity contribution in [1.82, 2.24) is 0 Å². The summed E-state index contributed by atoms with van der Waals surface area (Å²) in [6.07, 6.45) is 3.71. The first-order valence-electron chi connectivity index (χ1n) is 11.3. The zero-order valence-electron chi connectivity index (χ0n) is 19.0. The van der Waals surface area contributed by atoms with E-state index in [1.54, 1.807) is 0 Å². The summed E-state index contributed by atoms with van der Waals surface area (Å²) in [5.41, 5.74) is 6.29. The summed E-state index contributed by atoms with van der Waals surface area (Å²) in [5, 5.41) is 9.82. The van der Waals surface area contributed by atoms with Gasteiger partial charge in [0.2, 0.25) is 0 Å². The van der Waals surface area contributed by atoms with Gasteiger partial charge in [-0.05, 0) is 85.9 Å². The predicted molar refractivity (Wildman–Crippen MR) is 128 cm³/mol. The van der Waals surface area contributed by atoms with Crippen LogP contribution in [0.5, 0.6) is 11.5 Å². The van der Waals surface area contributed by atoms with Crippen LogP contribution in [0.3, 0.4) is 0 Å². The summed E-state index contributed by atoms with van der Waals surface area (Å²) in [4.78, 5) is 0. The molecule has 2 nitrogen and oxygen atoms in total. The third-order valence-electron chi connectivity index (χ3n) is 6.67. The topological polar surface area (TPSA) is 33.0 Å². The van der Waals surface area contributed by atoms with Crippen molar-refractivity contribution in [3.8, 4) is 28.7 Å². The maximum absolute atomic E-state index is 9.82. The molecule has 3 aromatic carbocycles. The number of ether oxygens (including phenoxy) is 1. The number of aryl methyl sites for hydroxylation is 2. The number of para-hydroxylation sites is 1. The standard InChI is InChI=1S/C29H31NO/c1-19-10-12-22(4)25(14-19)27-16-21(3)17-28(26-15-20(2)11-13-23(26)18-30)29(27)31-24-8-6-5-7-9-24/h5-9,11,13,15-17,19,22,25H,10,12,14H2,1-4H3. The number of rotatable bonds is 4. The molecule has 0 heterocycles. The van der Waals surface area contributed by atoms with Crippen molar-refractivity contribution in [2.75, 3.05) is 0 Å². The average Bonchev–Trinajstić information content (AvgIpc) is 2.77. The molecule has 1 aliphatic rings. The van der Waals surface area contributed by atoms with Gasteiger partial charge in [0.15, 0.2) is 0 Å². The minimum atomic E-state index is 0.455. The van der Waals surface area contributed by atoms with Crippen molar-refractivity contribution in [2.24, 2.45) is 11.8 Å². The van der Waals surface area contributed by atoms with Gasteiger partial charge in [-0.25, -0.2) is 0 Å². The first-order chi connectivity index (χ1) is 15.0. The Labute approximate surface area is 186 Å². The van der Waals surface area contributed by atoms with Gasteiger partial charge in [-0.1, -0.05) is 56.2 Å². The van der Waals surface area contributed by atoms with Crippen LogP contribution in [0.15, 0.2) is 60.7 Å². The van der Waals surface area contributed by atoms with Crippen LogP contribution in [-0.2, 0) is 0 Å². The second-order valence-corrected chi connectivity index (χ2v) is 9.31. The van der Waals surface area contributed by atoms with Crippen molar-refractivity contribution >= 4 is 0 Å². The molecule has 0 aliphatic heterocycles. The molecule has 4 rings (SSSR count). The summed E-state index contributed by atoms with van der Waals surface area (Å²) in [6, 6.07) is 22.9. The summed E-state index contributed by atoms with van der Waals surface area (Å²) in [7, 11) is 0. The lowest BCUT2D eigenvalue weighted by Gasteiger charge is -2.34. The fraction of sp³-hybridized carbons (Fsp3) is 0.345. The Morgan fingerprint density at radius 2 is 1.61 bits per heavy atom. The van der Waals surface area contributed by atoms with Crippen LogP contribution in [0.25, 0.3) is 11.1 Å². The number of benzene rings is 3. The highest BCUT2D eigenvalue weighted by Crippen LogP contribution is 2.48. The maximum Gasteiger partial charge on any atom is 0.138 e. The Balaban J connectivity index is 1.95. The number of nitriles is 1. The number of hydrogen-bond acceptors (Lipinski definition) is 2. The molecule has 1 fully saturated rings. The second kappa shape index (κ2) is 8.98. The summed E-state index contributed by atoms with van der Waals surface area (Å²) >= 11 is 0. The Morgan fingerprint density at radius 1 is 0.871 bits per heavy atom. The molecule has 3 atom stereocenters. The highest BCUT2D eigenvalue weighted by molar-refractivity contribution is 5.79. The molecule has 0 spiro atoms. The van der Waals surface area contributed by atoms with Gasteiger partial charge >= 0.3 is 0 Å². The minimum Gasteiger partial charge on any atom is -0.456 e. The normalized spacial score (nSPS) is 20.8. The molecule has 1 aliphatic carbocycles. The molecule has 0 amide bonds. The quantitative estimate of drug-likeness (QED) is 0.435. The Bertz CT molecular complexity index is 1110. The van der Waals surface area contributed by atoms with E-state index in [1.807, 2.05) is 42.5 Å². The van der Waals surface area contributed by atoms with Gasteiger partial charge in [0.1, 0.15) is 11.5 Å². The monoisotopic (exact) mass is 409 g/mol. The third kappa shape index (κ3) is 4.52. The van der Waals surface area contributed by atoms with Gasteiger partial charge in [-0.15, -0.1) is 0 Å². The summed E-state index contributed by atoms with van der Waals surface area (Å²) in [5.74, 6) is 3.51. The van der Waals surface area contributed by atoms with Crippen LogP contribution in [0, 0.1) is 37.0 Å². The second-order valence-electron chi connectivity index (χ2n) is 9.31. The van der Waals surface area contributed by atoms with Crippen molar-refractivity contribution in [1.29, 1.82) is 5.26 Å². The molecule has 0 N–H and O–H groups in total. The highest BCUT2D eigenvalue weighted by atomic mass is 16.5. The van der Waals surface area contributed by atoms with Gasteiger partial charge in [-0.2, -0.15) is 5.26 Å². The molecule has 0 radical (unpaired) electrons. The zero-order valence-corrected chi connectivity index (χ0v) is 19.0. The number of hydrogen-bond donors (Lipinski definition) is 0. The van der Waals surface area contributed by atoms with Gasteiger partial charge < -0.3 is 4.74 Å². The Morgan fingerprint density at radius 3 is 2.35 bits per heavy atom. The van der Waals surface area contributed by atoms with Crippen LogP contribution in [0.4, 0.5) is 0 Å². The van der Waals surface area contributed by atoms with Crippen molar-refractivity contribution < 1.29 is 4.74 Å². The first kappa shape index (κ1) is 21.2. The molecule has 0 saturated heterocycles. The van der Waals surface area contributed by atoms with E-state index in [0.717, 1.165) is 28.2 Å². The van der Waals surface area contributed by atoms with E-state index in [9.17, 15) is 5.26 Å². The van der Waals surface area contributed by atoms with Crippen LogP contribution in [0.1, 0.15) is 61.3 Å². The fourth-order valence-corrected chi connectivity index (χ4v) is 4.94. The summed E-state index contributed by atoms with van der Waals surface area (Å²) < 4.78 is 6.62. The molecular weight excluding hydrogens is 378 g/mol. The van der Waals surface area contributed by atoms with Crippen LogP contribution < -0.4 is 4.74 Å². The molecule has 0 aromatic heterocycles. The smallest absolute Gasteiger partial charge is 0.138 e. The van der Waals surface area contributed by atoms with Gasteiger partial charge in [0.05, 0.1) is 11.6 Å². The maximum atomic E-state index is 9.82.